The number of piperazine rings is 1. The highest BCUT2D eigenvalue weighted by atomic mass is 35.5. The van der Waals surface area contributed by atoms with Crippen LogP contribution in [-0.4, -0.2) is 80.4 Å². The van der Waals surface area contributed by atoms with E-state index in [1.807, 2.05) is 17.9 Å². The molecule has 4 aromatic rings. The van der Waals surface area contributed by atoms with Gasteiger partial charge in [-0.3, -0.25) is 14.4 Å². The molecule has 2 aromatic heterocycles. The van der Waals surface area contributed by atoms with Crippen molar-refractivity contribution in [2.24, 2.45) is 0 Å². The number of carbonyl (C=O) groups is 2. The second-order valence-electron chi connectivity index (χ2n) is 11.7. The second kappa shape index (κ2) is 13.6. The first-order chi connectivity index (χ1) is 23.4. The first kappa shape index (κ1) is 34.0. The fraction of sp³-hybridized carbons (Fsp3) is 0.364. The van der Waals surface area contributed by atoms with E-state index in [0.29, 0.717) is 48.8 Å². The van der Waals surface area contributed by atoms with E-state index in [4.69, 9.17) is 16.3 Å². The first-order valence-corrected chi connectivity index (χ1v) is 16.0. The third-order valence-electron chi connectivity index (χ3n) is 8.63. The number of hydrogen-bond acceptors (Lipinski definition) is 8. The van der Waals surface area contributed by atoms with Crippen LogP contribution in [0.5, 0.6) is 5.75 Å². The van der Waals surface area contributed by atoms with Crippen molar-refractivity contribution in [3.63, 3.8) is 0 Å². The van der Waals surface area contributed by atoms with Crippen LogP contribution >= 0.6 is 11.6 Å². The normalized spacial score (nSPS) is 15.4. The summed E-state index contributed by atoms with van der Waals surface area (Å²) in [5, 5.41) is 17.3. The zero-order valence-electron chi connectivity index (χ0n) is 26.7. The number of phenolic OH excluding ortho intramolecular Hbond substituents is 1. The Morgan fingerprint density at radius 3 is 2.53 bits per heavy atom. The Morgan fingerprint density at radius 1 is 1.12 bits per heavy atom. The number of carbonyl (C=O) groups excluding carboxylic acids is 2. The third-order valence-corrected chi connectivity index (χ3v) is 8.95. The summed E-state index contributed by atoms with van der Waals surface area (Å²) in [5.74, 6) is -0.586. The number of fused-ring (bicyclic) bond motifs is 1. The van der Waals surface area contributed by atoms with Crippen LogP contribution in [0.1, 0.15) is 46.3 Å². The molecule has 1 fully saturated rings. The molecular weight excluding hydrogens is 667 g/mol. The molecule has 2 aliphatic heterocycles. The Bertz CT molecular complexity index is 2030. The van der Waals surface area contributed by atoms with Crippen molar-refractivity contribution in [3.8, 4) is 5.75 Å². The van der Waals surface area contributed by atoms with Crippen LogP contribution in [0.3, 0.4) is 0 Å². The highest BCUT2D eigenvalue weighted by Gasteiger charge is 2.32. The number of aromatic hydroxyl groups is 1. The molecule has 2 N–H and O–H groups in total. The van der Waals surface area contributed by atoms with Crippen LogP contribution in [0.15, 0.2) is 47.3 Å². The maximum absolute atomic E-state index is 14.1. The molecular formula is C33H33ClF3N7O5. The maximum Gasteiger partial charge on any atom is 0.416 e. The van der Waals surface area contributed by atoms with E-state index in [-0.39, 0.29) is 66.4 Å². The van der Waals surface area contributed by atoms with Gasteiger partial charge in [0.2, 0.25) is 11.7 Å². The first-order valence-electron chi connectivity index (χ1n) is 15.7. The average Bonchev–Trinajstić information content (AvgIpc) is 3.54. The highest BCUT2D eigenvalue weighted by molar-refractivity contribution is 6.33. The molecule has 1 saturated heterocycles. The molecule has 0 atom stereocenters. The quantitative estimate of drug-likeness (QED) is 0.287. The predicted octanol–water partition coefficient (Wildman–Crippen LogP) is 4.54. The average molecular weight is 700 g/mol. The fourth-order valence-corrected chi connectivity index (χ4v) is 6.28. The molecule has 2 amide bonds. The topological polar surface area (TPSA) is 134 Å². The van der Waals surface area contributed by atoms with E-state index in [9.17, 15) is 32.7 Å². The van der Waals surface area contributed by atoms with Crippen LogP contribution in [0, 0.1) is 6.92 Å². The fourth-order valence-electron chi connectivity index (χ4n) is 6.06. The molecule has 49 heavy (non-hydrogen) atoms. The lowest BCUT2D eigenvalue weighted by molar-refractivity contribution is -0.137. The number of ether oxygens (including phenoxy) is 1. The molecule has 0 saturated carbocycles. The monoisotopic (exact) mass is 699 g/mol. The van der Waals surface area contributed by atoms with Crippen molar-refractivity contribution in [2.75, 3.05) is 49.6 Å². The summed E-state index contributed by atoms with van der Waals surface area (Å²) in [5.41, 5.74) is 0.934. The molecule has 0 radical (unpaired) electrons. The standard InChI is InChI=1S/C33H33ClF3N7O5/c1-3-25-27(41-11-13-42(14-12-41)30(47)22-6-4-5-19(2)28(22)46)31(48)44-32(39-29(40-44)20-9-15-49-16-10-20)43(25)18-26(45)38-24-8-7-21(17-23(24)34)33(35,36)37/h4-9,17,46H,3,10-16,18H2,1-2H3,(H,38,45). The SMILES string of the molecule is CCc1c(N2CCN(C(=O)c3cccc(C)c3O)CC2)c(=O)n2nc(C3=CCOCC3)nc2n1CC(=O)Nc1ccc(C(F)(F)F)cc1Cl. The number of anilines is 2. The van der Waals surface area contributed by atoms with Crippen molar-refractivity contribution >= 4 is 46.1 Å². The van der Waals surface area contributed by atoms with Gasteiger partial charge in [0.1, 0.15) is 18.0 Å². The number of amides is 2. The number of aromatic nitrogens is 4. The molecule has 2 aromatic carbocycles. The lowest BCUT2D eigenvalue weighted by atomic mass is 10.1. The predicted molar refractivity (Wildman–Crippen MR) is 176 cm³/mol. The Hall–Kier alpha value is -4.89. The van der Waals surface area contributed by atoms with Crippen LogP contribution < -0.4 is 15.8 Å². The van der Waals surface area contributed by atoms with Crippen LogP contribution in [0.4, 0.5) is 24.5 Å². The zero-order valence-corrected chi connectivity index (χ0v) is 27.4. The van der Waals surface area contributed by atoms with Crippen molar-refractivity contribution in [3.05, 3.63) is 86.1 Å². The Labute approximate surface area is 283 Å². The summed E-state index contributed by atoms with van der Waals surface area (Å²) >= 11 is 6.11. The molecule has 0 unspecified atom stereocenters. The number of benzene rings is 2. The van der Waals surface area contributed by atoms with E-state index in [1.165, 1.54) is 0 Å². The molecule has 4 heterocycles. The molecule has 16 heteroatoms. The number of hydrogen-bond donors (Lipinski definition) is 2. The summed E-state index contributed by atoms with van der Waals surface area (Å²) in [6.07, 6.45) is -1.94. The van der Waals surface area contributed by atoms with Gasteiger partial charge in [-0.1, -0.05) is 36.7 Å². The zero-order chi connectivity index (χ0) is 35.0. The van der Waals surface area contributed by atoms with Gasteiger partial charge in [0.05, 0.1) is 40.7 Å². The van der Waals surface area contributed by atoms with E-state index in [0.717, 1.165) is 28.3 Å². The van der Waals surface area contributed by atoms with Gasteiger partial charge in [0, 0.05) is 26.2 Å². The van der Waals surface area contributed by atoms with Crippen molar-refractivity contribution in [1.29, 1.82) is 0 Å². The number of halogens is 4. The lowest BCUT2D eigenvalue weighted by Crippen LogP contribution is -2.51. The van der Waals surface area contributed by atoms with Crippen LogP contribution in [0.25, 0.3) is 11.4 Å². The molecule has 2 aliphatic rings. The number of aryl methyl sites for hydroxylation is 1. The number of alkyl halides is 3. The number of para-hydroxylation sites is 1. The van der Waals surface area contributed by atoms with E-state index in [2.05, 4.69) is 15.4 Å². The molecule has 12 nitrogen and oxygen atoms in total. The Morgan fingerprint density at radius 2 is 1.88 bits per heavy atom. The minimum atomic E-state index is -4.60. The number of nitrogens with one attached hydrogen (secondary N) is 1. The molecule has 0 spiro atoms. The van der Waals surface area contributed by atoms with Crippen molar-refractivity contribution in [2.45, 2.75) is 39.4 Å². The van der Waals surface area contributed by atoms with Crippen molar-refractivity contribution < 1.29 is 32.6 Å². The van der Waals surface area contributed by atoms with Gasteiger partial charge in [-0.2, -0.15) is 22.7 Å². The van der Waals surface area contributed by atoms with Gasteiger partial charge in [0.15, 0.2) is 5.82 Å². The summed E-state index contributed by atoms with van der Waals surface area (Å²) < 4.78 is 47.7. The Balaban J connectivity index is 1.35. The number of nitrogens with zero attached hydrogens (tertiary/aromatic N) is 6. The van der Waals surface area contributed by atoms with Gasteiger partial charge in [-0.25, -0.2) is 0 Å². The van der Waals surface area contributed by atoms with E-state index >= 15 is 0 Å². The largest absolute Gasteiger partial charge is 0.507 e. The van der Waals surface area contributed by atoms with Gasteiger partial charge < -0.3 is 29.5 Å². The van der Waals surface area contributed by atoms with Gasteiger partial charge in [-0.05, 0) is 55.2 Å². The van der Waals surface area contributed by atoms with Gasteiger partial charge >= 0.3 is 6.18 Å². The van der Waals surface area contributed by atoms with Gasteiger partial charge in [-0.15, -0.1) is 5.10 Å². The summed E-state index contributed by atoms with van der Waals surface area (Å²) in [6.45, 7) is 5.08. The van der Waals surface area contributed by atoms with Crippen molar-refractivity contribution in [1.82, 2.24) is 24.1 Å². The third kappa shape index (κ3) is 6.72. The molecule has 0 aliphatic carbocycles. The van der Waals surface area contributed by atoms with Crippen LogP contribution in [0.2, 0.25) is 5.02 Å². The smallest absolute Gasteiger partial charge is 0.416 e. The number of rotatable bonds is 7. The minimum Gasteiger partial charge on any atom is -0.507 e. The molecule has 0 bridgehead atoms. The van der Waals surface area contributed by atoms with E-state index in [1.54, 1.807) is 34.6 Å². The summed E-state index contributed by atoms with van der Waals surface area (Å²) in [7, 11) is 0. The lowest BCUT2D eigenvalue weighted by Gasteiger charge is -2.37. The maximum atomic E-state index is 14.1. The number of phenols is 1. The highest BCUT2D eigenvalue weighted by Crippen LogP contribution is 2.34. The molecule has 6 rings (SSSR count). The van der Waals surface area contributed by atoms with Crippen LogP contribution in [-0.2, 0) is 28.7 Å². The van der Waals surface area contributed by atoms with E-state index < -0.39 is 23.2 Å². The Kier molecular flexibility index (Phi) is 9.40. The molecule has 258 valence electrons. The minimum absolute atomic E-state index is 0.00930. The van der Waals surface area contributed by atoms with Gasteiger partial charge in [0.25, 0.3) is 11.5 Å². The summed E-state index contributed by atoms with van der Waals surface area (Å²) in [6, 6.07) is 7.63. The summed E-state index contributed by atoms with van der Waals surface area (Å²) in [4.78, 5) is 49.0. The second-order valence-corrected chi connectivity index (χ2v) is 12.1.